The number of aliphatic hydroxyl groups is 1. The average Bonchev–Trinajstić information content (AvgIpc) is 2.31. The molecular formula is C13H20FNO2. The highest BCUT2D eigenvalue weighted by atomic mass is 19.1. The standard InChI is InChI=1S/C13H20FNO2/c1-13(15,10-16)8-4-5-9-17-12-7-3-2-6-11(12)14/h2-3,6-7,16H,4-5,8-10,15H2,1H3. The number of hydrogen-bond acceptors (Lipinski definition) is 3. The molecule has 3 N–H and O–H groups in total. The summed E-state index contributed by atoms with van der Waals surface area (Å²) >= 11 is 0. The normalized spacial score (nSPS) is 14.4. The number of unbranched alkanes of at least 4 members (excludes halogenated alkanes) is 1. The predicted molar refractivity (Wildman–Crippen MR) is 65.4 cm³/mol. The van der Waals surface area contributed by atoms with E-state index in [0.717, 1.165) is 19.3 Å². The van der Waals surface area contributed by atoms with Crippen LogP contribution in [0, 0.1) is 5.82 Å². The molecule has 0 fully saturated rings. The molecule has 96 valence electrons. The summed E-state index contributed by atoms with van der Waals surface area (Å²) in [5.74, 6) is -0.0586. The van der Waals surface area contributed by atoms with Gasteiger partial charge in [-0.15, -0.1) is 0 Å². The minimum Gasteiger partial charge on any atom is -0.491 e. The van der Waals surface area contributed by atoms with Crippen LogP contribution in [0.4, 0.5) is 4.39 Å². The van der Waals surface area contributed by atoms with Crippen LogP contribution in [-0.4, -0.2) is 23.9 Å². The lowest BCUT2D eigenvalue weighted by molar-refractivity contribution is 0.193. The lowest BCUT2D eigenvalue weighted by Crippen LogP contribution is -2.39. The molecule has 0 aromatic heterocycles. The van der Waals surface area contributed by atoms with Gasteiger partial charge in [-0.1, -0.05) is 12.1 Å². The number of rotatable bonds is 7. The van der Waals surface area contributed by atoms with Crippen molar-refractivity contribution in [1.82, 2.24) is 0 Å². The molecule has 0 aliphatic carbocycles. The minimum atomic E-state index is -0.530. The first-order valence-electron chi connectivity index (χ1n) is 5.82. The summed E-state index contributed by atoms with van der Waals surface area (Å²) in [6, 6.07) is 6.35. The third-order valence-corrected chi connectivity index (χ3v) is 2.60. The van der Waals surface area contributed by atoms with Gasteiger partial charge < -0.3 is 15.6 Å². The zero-order valence-electron chi connectivity index (χ0n) is 10.2. The van der Waals surface area contributed by atoms with Gasteiger partial charge in [0.2, 0.25) is 0 Å². The Kier molecular flexibility index (Phi) is 5.38. The quantitative estimate of drug-likeness (QED) is 0.719. The van der Waals surface area contributed by atoms with Gasteiger partial charge in [0, 0.05) is 5.54 Å². The lowest BCUT2D eigenvalue weighted by atomic mass is 9.97. The molecule has 1 unspecified atom stereocenters. The first-order chi connectivity index (χ1) is 8.05. The molecule has 3 nitrogen and oxygen atoms in total. The zero-order valence-corrected chi connectivity index (χ0v) is 10.2. The molecule has 0 aliphatic heterocycles. The summed E-state index contributed by atoms with van der Waals surface area (Å²) < 4.78 is 18.5. The van der Waals surface area contributed by atoms with Crippen LogP contribution in [0.5, 0.6) is 5.75 Å². The fourth-order valence-electron chi connectivity index (χ4n) is 1.45. The highest BCUT2D eigenvalue weighted by Crippen LogP contribution is 2.16. The maximum atomic E-state index is 13.2. The summed E-state index contributed by atoms with van der Waals surface area (Å²) in [6.07, 6.45) is 2.37. The van der Waals surface area contributed by atoms with Crippen LogP contribution in [0.3, 0.4) is 0 Å². The first kappa shape index (κ1) is 13.9. The van der Waals surface area contributed by atoms with Gasteiger partial charge >= 0.3 is 0 Å². The Morgan fingerprint density at radius 1 is 1.35 bits per heavy atom. The van der Waals surface area contributed by atoms with Crippen molar-refractivity contribution in [2.75, 3.05) is 13.2 Å². The topological polar surface area (TPSA) is 55.5 Å². The molecule has 17 heavy (non-hydrogen) atoms. The smallest absolute Gasteiger partial charge is 0.165 e. The molecule has 0 spiro atoms. The second kappa shape index (κ2) is 6.57. The van der Waals surface area contributed by atoms with E-state index in [4.69, 9.17) is 15.6 Å². The van der Waals surface area contributed by atoms with Gasteiger partial charge in [0.15, 0.2) is 11.6 Å². The summed E-state index contributed by atoms with van der Waals surface area (Å²) in [6.45, 7) is 2.24. The van der Waals surface area contributed by atoms with Gasteiger partial charge in [-0.3, -0.25) is 0 Å². The second-order valence-corrected chi connectivity index (χ2v) is 4.55. The van der Waals surface area contributed by atoms with E-state index in [0.29, 0.717) is 6.61 Å². The number of aliphatic hydroxyl groups excluding tert-OH is 1. The van der Waals surface area contributed by atoms with Crippen LogP contribution < -0.4 is 10.5 Å². The van der Waals surface area contributed by atoms with Crippen molar-refractivity contribution in [1.29, 1.82) is 0 Å². The van der Waals surface area contributed by atoms with Crippen LogP contribution in [0.1, 0.15) is 26.2 Å². The molecule has 0 saturated heterocycles. The van der Waals surface area contributed by atoms with Crippen LogP contribution in [0.25, 0.3) is 0 Å². The number of ether oxygens (including phenoxy) is 1. The summed E-state index contributed by atoms with van der Waals surface area (Å²) in [5.41, 5.74) is 5.25. The fourth-order valence-corrected chi connectivity index (χ4v) is 1.45. The highest BCUT2D eigenvalue weighted by Gasteiger charge is 2.15. The molecule has 4 heteroatoms. The average molecular weight is 241 g/mol. The van der Waals surface area contributed by atoms with E-state index in [1.807, 2.05) is 6.92 Å². The van der Waals surface area contributed by atoms with E-state index < -0.39 is 5.54 Å². The number of benzene rings is 1. The predicted octanol–water partition coefficient (Wildman–Crippen LogP) is 2.08. The number of halogens is 1. The molecule has 0 aliphatic rings. The van der Waals surface area contributed by atoms with Gasteiger partial charge in [0.1, 0.15) is 0 Å². The Morgan fingerprint density at radius 3 is 2.71 bits per heavy atom. The zero-order chi connectivity index (χ0) is 12.7. The Balaban J connectivity index is 2.19. The molecule has 0 amide bonds. The molecule has 1 rings (SSSR count). The Hall–Kier alpha value is -1.13. The molecule has 1 atom stereocenters. The maximum absolute atomic E-state index is 13.2. The molecule has 1 aromatic rings. The first-order valence-corrected chi connectivity index (χ1v) is 5.82. The van der Waals surface area contributed by atoms with Gasteiger partial charge in [-0.2, -0.15) is 0 Å². The Bertz CT molecular complexity index is 342. The van der Waals surface area contributed by atoms with Crippen molar-refractivity contribution < 1.29 is 14.2 Å². The molecule has 0 saturated carbocycles. The van der Waals surface area contributed by atoms with Crippen molar-refractivity contribution in [2.24, 2.45) is 5.73 Å². The SMILES string of the molecule is CC(N)(CO)CCCCOc1ccccc1F. The minimum absolute atomic E-state index is 0.0266. The number of hydrogen-bond donors (Lipinski definition) is 2. The Morgan fingerprint density at radius 2 is 2.06 bits per heavy atom. The second-order valence-electron chi connectivity index (χ2n) is 4.55. The van der Waals surface area contributed by atoms with Gasteiger partial charge in [-0.25, -0.2) is 4.39 Å². The van der Waals surface area contributed by atoms with E-state index in [9.17, 15) is 4.39 Å². The van der Waals surface area contributed by atoms with Crippen molar-refractivity contribution in [3.8, 4) is 5.75 Å². The Labute approximate surface area is 101 Å². The van der Waals surface area contributed by atoms with Crippen molar-refractivity contribution in [3.05, 3.63) is 30.1 Å². The third-order valence-electron chi connectivity index (χ3n) is 2.60. The monoisotopic (exact) mass is 241 g/mol. The van der Waals surface area contributed by atoms with E-state index in [1.165, 1.54) is 6.07 Å². The van der Waals surface area contributed by atoms with Crippen molar-refractivity contribution in [3.63, 3.8) is 0 Å². The molecular weight excluding hydrogens is 221 g/mol. The molecule has 0 heterocycles. The van der Waals surface area contributed by atoms with E-state index in [1.54, 1.807) is 18.2 Å². The van der Waals surface area contributed by atoms with Crippen molar-refractivity contribution in [2.45, 2.75) is 31.7 Å². The van der Waals surface area contributed by atoms with E-state index in [-0.39, 0.29) is 18.2 Å². The summed E-state index contributed by atoms with van der Waals surface area (Å²) in [4.78, 5) is 0. The van der Waals surface area contributed by atoms with Crippen LogP contribution in [0.15, 0.2) is 24.3 Å². The van der Waals surface area contributed by atoms with Gasteiger partial charge in [0.05, 0.1) is 13.2 Å². The largest absolute Gasteiger partial charge is 0.491 e. The highest BCUT2D eigenvalue weighted by molar-refractivity contribution is 5.23. The molecule has 0 bridgehead atoms. The van der Waals surface area contributed by atoms with Crippen LogP contribution in [-0.2, 0) is 0 Å². The third kappa shape index (κ3) is 5.15. The van der Waals surface area contributed by atoms with Crippen molar-refractivity contribution >= 4 is 0 Å². The van der Waals surface area contributed by atoms with E-state index in [2.05, 4.69) is 0 Å². The van der Waals surface area contributed by atoms with Crippen LogP contribution >= 0.6 is 0 Å². The summed E-state index contributed by atoms with van der Waals surface area (Å²) in [5, 5.41) is 8.96. The lowest BCUT2D eigenvalue weighted by Gasteiger charge is -2.21. The number of nitrogens with two attached hydrogens (primary N) is 1. The van der Waals surface area contributed by atoms with E-state index >= 15 is 0 Å². The maximum Gasteiger partial charge on any atom is 0.165 e. The van der Waals surface area contributed by atoms with Crippen LogP contribution in [0.2, 0.25) is 0 Å². The molecule has 1 aromatic carbocycles. The number of para-hydroxylation sites is 1. The molecule has 0 radical (unpaired) electrons. The summed E-state index contributed by atoms with van der Waals surface area (Å²) in [7, 11) is 0. The fraction of sp³-hybridized carbons (Fsp3) is 0.538. The van der Waals surface area contributed by atoms with Gasteiger partial charge in [0.25, 0.3) is 0 Å². The van der Waals surface area contributed by atoms with Gasteiger partial charge in [-0.05, 0) is 38.3 Å².